The Kier molecular flexibility index (Phi) is 2.83. The van der Waals surface area contributed by atoms with Crippen LogP contribution < -0.4 is 0 Å². The van der Waals surface area contributed by atoms with E-state index in [2.05, 4.69) is 6.58 Å². The highest BCUT2D eigenvalue weighted by atomic mass is 16.6. The van der Waals surface area contributed by atoms with Crippen LogP contribution in [0.4, 0.5) is 0 Å². The molecular weight excluding hydrogens is 192 g/mol. The number of carbonyl (C=O) groups excluding carboxylic acids is 1. The number of esters is 1. The molecule has 78 valence electrons. The van der Waals surface area contributed by atoms with Gasteiger partial charge in [-0.15, -0.1) is 0 Å². The molecule has 1 heterocycles. The summed E-state index contributed by atoms with van der Waals surface area (Å²) in [4.78, 5) is 11.0. The molecular formula is C12H12O3. The second kappa shape index (κ2) is 4.28. The van der Waals surface area contributed by atoms with E-state index in [1.54, 1.807) is 6.08 Å². The van der Waals surface area contributed by atoms with Crippen molar-refractivity contribution in [3.63, 3.8) is 0 Å². The predicted molar refractivity (Wildman–Crippen MR) is 55.1 cm³/mol. The van der Waals surface area contributed by atoms with E-state index in [0.717, 1.165) is 5.56 Å². The molecule has 1 aromatic carbocycles. The molecule has 1 aliphatic rings. The van der Waals surface area contributed by atoms with Gasteiger partial charge in [-0.2, -0.15) is 0 Å². The molecule has 1 aliphatic heterocycles. The molecule has 0 unspecified atom stereocenters. The van der Waals surface area contributed by atoms with Crippen molar-refractivity contribution in [1.29, 1.82) is 0 Å². The fraction of sp³-hybridized carbons (Fsp3) is 0.250. The van der Waals surface area contributed by atoms with E-state index >= 15 is 0 Å². The van der Waals surface area contributed by atoms with Gasteiger partial charge in [-0.25, -0.2) is 4.79 Å². The summed E-state index contributed by atoms with van der Waals surface area (Å²) in [5.74, 6) is -0.309. The first-order valence-corrected chi connectivity index (χ1v) is 4.80. The van der Waals surface area contributed by atoms with Gasteiger partial charge in [0.15, 0.2) is 12.2 Å². The highest BCUT2D eigenvalue weighted by Gasteiger charge is 2.41. The Bertz CT molecular complexity index is 358. The summed E-state index contributed by atoms with van der Waals surface area (Å²) in [6, 6.07) is 9.71. The SMILES string of the molecule is C=C[C@@H]1OC(=O)[C@@H]1OCc1ccccc1. The quantitative estimate of drug-likeness (QED) is 0.553. The fourth-order valence-electron chi connectivity index (χ4n) is 1.42. The zero-order valence-corrected chi connectivity index (χ0v) is 8.26. The predicted octanol–water partition coefficient (Wildman–Crippen LogP) is 1.68. The van der Waals surface area contributed by atoms with Crippen LogP contribution in [-0.4, -0.2) is 18.2 Å². The molecule has 0 aromatic heterocycles. The van der Waals surface area contributed by atoms with Crippen LogP contribution in [0.3, 0.4) is 0 Å². The molecule has 0 bridgehead atoms. The Morgan fingerprint density at radius 3 is 2.73 bits per heavy atom. The van der Waals surface area contributed by atoms with E-state index in [1.807, 2.05) is 30.3 Å². The molecule has 0 amide bonds. The molecule has 0 aliphatic carbocycles. The zero-order valence-electron chi connectivity index (χ0n) is 8.26. The van der Waals surface area contributed by atoms with Crippen molar-refractivity contribution in [1.82, 2.24) is 0 Å². The van der Waals surface area contributed by atoms with Crippen LogP contribution in [0.2, 0.25) is 0 Å². The Balaban J connectivity index is 1.88. The fourth-order valence-corrected chi connectivity index (χ4v) is 1.42. The van der Waals surface area contributed by atoms with Crippen LogP contribution in [0.15, 0.2) is 43.0 Å². The molecule has 0 radical (unpaired) electrons. The van der Waals surface area contributed by atoms with Gasteiger partial charge in [0.05, 0.1) is 6.61 Å². The van der Waals surface area contributed by atoms with Crippen LogP contribution >= 0.6 is 0 Å². The minimum atomic E-state index is -0.484. The number of ether oxygens (including phenoxy) is 2. The Morgan fingerprint density at radius 2 is 2.13 bits per heavy atom. The van der Waals surface area contributed by atoms with E-state index in [-0.39, 0.29) is 12.1 Å². The van der Waals surface area contributed by atoms with Gasteiger partial charge in [0, 0.05) is 0 Å². The van der Waals surface area contributed by atoms with Gasteiger partial charge < -0.3 is 9.47 Å². The Morgan fingerprint density at radius 1 is 1.40 bits per heavy atom. The van der Waals surface area contributed by atoms with Gasteiger partial charge in [-0.3, -0.25) is 0 Å². The largest absolute Gasteiger partial charge is 0.453 e. The summed E-state index contributed by atoms with van der Waals surface area (Å²) in [7, 11) is 0. The lowest BCUT2D eigenvalue weighted by atomic mass is 10.1. The Hall–Kier alpha value is -1.61. The van der Waals surface area contributed by atoms with Crippen LogP contribution in [-0.2, 0) is 20.9 Å². The van der Waals surface area contributed by atoms with Crippen LogP contribution in [0.1, 0.15) is 5.56 Å². The zero-order chi connectivity index (χ0) is 10.7. The van der Waals surface area contributed by atoms with E-state index in [9.17, 15) is 4.79 Å². The molecule has 3 heteroatoms. The number of hydrogen-bond acceptors (Lipinski definition) is 3. The second-order valence-corrected chi connectivity index (χ2v) is 3.35. The third-order valence-electron chi connectivity index (χ3n) is 2.29. The third kappa shape index (κ3) is 2.07. The molecule has 0 saturated carbocycles. The summed E-state index contributed by atoms with van der Waals surface area (Å²) >= 11 is 0. The minimum Gasteiger partial charge on any atom is -0.453 e. The Labute approximate surface area is 88.3 Å². The average Bonchev–Trinajstić information content (AvgIpc) is 2.27. The second-order valence-electron chi connectivity index (χ2n) is 3.35. The molecule has 1 aromatic rings. The first kappa shape index (κ1) is 9.93. The summed E-state index contributed by atoms with van der Waals surface area (Å²) in [5, 5.41) is 0. The molecule has 1 fully saturated rings. The first-order valence-electron chi connectivity index (χ1n) is 4.80. The number of rotatable bonds is 4. The van der Waals surface area contributed by atoms with Crippen LogP contribution in [0.25, 0.3) is 0 Å². The van der Waals surface area contributed by atoms with E-state index < -0.39 is 6.10 Å². The molecule has 0 spiro atoms. The van der Waals surface area contributed by atoms with Crippen LogP contribution in [0, 0.1) is 0 Å². The standard InChI is InChI=1S/C12H12O3/c1-2-10-11(12(13)15-10)14-8-9-6-4-3-5-7-9/h2-7,10-11H,1,8H2/t10-,11+/m0/s1. The maximum atomic E-state index is 11.0. The molecule has 2 atom stereocenters. The number of cyclic esters (lactones) is 1. The number of carbonyl (C=O) groups is 1. The van der Waals surface area contributed by atoms with E-state index in [4.69, 9.17) is 9.47 Å². The summed E-state index contributed by atoms with van der Waals surface area (Å²) < 4.78 is 10.2. The lowest BCUT2D eigenvalue weighted by Crippen LogP contribution is -2.50. The van der Waals surface area contributed by atoms with Gasteiger partial charge in [-0.1, -0.05) is 36.9 Å². The van der Waals surface area contributed by atoms with Crippen molar-refractivity contribution in [3.8, 4) is 0 Å². The van der Waals surface area contributed by atoms with Crippen molar-refractivity contribution >= 4 is 5.97 Å². The third-order valence-corrected chi connectivity index (χ3v) is 2.29. The van der Waals surface area contributed by atoms with Gasteiger partial charge in [0.2, 0.25) is 0 Å². The van der Waals surface area contributed by atoms with Gasteiger partial charge in [-0.05, 0) is 11.6 Å². The van der Waals surface area contributed by atoms with Crippen LogP contribution in [0.5, 0.6) is 0 Å². The summed E-state index contributed by atoms with van der Waals surface area (Å²) in [6.45, 7) is 3.99. The molecule has 3 nitrogen and oxygen atoms in total. The monoisotopic (exact) mass is 204 g/mol. The maximum absolute atomic E-state index is 11.0. The smallest absolute Gasteiger partial charge is 0.340 e. The van der Waals surface area contributed by atoms with Crippen molar-refractivity contribution in [3.05, 3.63) is 48.6 Å². The summed E-state index contributed by atoms with van der Waals surface area (Å²) in [6.07, 6.45) is 0.806. The lowest BCUT2D eigenvalue weighted by Gasteiger charge is -2.32. The minimum absolute atomic E-state index is 0.291. The number of benzene rings is 1. The van der Waals surface area contributed by atoms with Crippen molar-refractivity contribution in [2.45, 2.75) is 18.8 Å². The van der Waals surface area contributed by atoms with E-state index in [1.165, 1.54) is 0 Å². The summed E-state index contributed by atoms with van der Waals surface area (Å²) in [5.41, 5.74) is 1.04. The highest BCUT2D eigenvalue weighted by Crippen LogP contribution is 2.20. The van der Waals surface area contributed by atoms with Gasteiger partial charge in [0.1, 0.15) is 0 Å². The first-order chi connectivity index (χ1) is 7.31. The molecule has 15 heavy (non-hydrogen) atoms. The van der Waals surface area contributed by atoms with E-state index in [0.29, 0.717) is 6.61 Å². The van der Waals surface area contributed by atoms with Crippen molar-refractivity contribution in [2.75, 3.05) is 0 Å². The van der Waals surface area contributed by atoms with Gasteiger partial charge in [0.25, 0.3) is 0 Å². The number of hydrogen-bond donors (Lipinski definition) is 0. The molecule has 1 saturated heterocycles. The van der Waals surface area contributed by atoms with Crippen molar-refractivity contribution < 1.29 is 14.3 Å². The molecule has 0 N–H and O–H groups in total. The van der Waals surface area contributed by atoms with Gasteiger partial charge >= 0.3 is 5.97 Å². The molecule has 2 rings (SSSR count). The highest BCUT2D eigenvalue weighted by molar-refractivity contribution is 5.81. The normalized spacial score (nSPS) is 24.1. The maximum Gasteiger partial charge on any atom is 0.340 e. The topological polar surface area (TPSA) is 35.5 Å². The van der Waals surface area contributed by atoms with Crippen molar-refractivity contribution in [2.24, 2.45) is 0 Å². The lowest BCUT2D eigenvalue weighted by molar-refractivity contribution is -0.200. The average molecular weight is 204 g/mol.